The fourth-order valence-corrected chi connectivity index (χ4v) is 3.87. The van der Waals surface area contributed by atoms with Crippen LogP contribution in [-0.4, -0.2) is 47.3 Å². The van der Waals surface area contributed by atoms with E-state index in [0.29, 0.717) is 13.0 Å². The normalized spacial score (nSPS) is 24.1. The maximum Gasteiger partial charge on any atom is 0.227 e. The van der Waals surface area contributed by atoms with Crippen molar-refractivity contribution in [3.8, 4) is 0 Å². The number of carbonyl (C=O) groups excluding carboxylic acids is 2. The molecule has 24 heavy (non-hydrogen) atoms. The summed E-state index contributed by atoms with van der Waals surface area (Å²) in [5.41, 5.74) is 7.30. The van der Waals surface area contributed by atoms with E-state index in [4.69, 9.17) is 5.73 Å². The van der Waals surface area contributed by atoms with E-state index in [1.54, 1.807) is 0 Å². The van der Waals surface area contributed by atoms with E-state index in [2.05, 4.69) is 0 Å². The van der Waals surface area contributed by atoms with Gasteiger partial charge in [0.2, 0.25) is 11.8 Å². The Hall–Kier alpha value is -1.88. The lowest BCUT2D eigenvalue weighted by Crippen LogP contribution is -2.52. The van der Waals surface area contributed by atoms with Gasteiger partial charge in [-0.2, -0.15) is 0 Å². The fraction of sp³-hybridized carbons (Fsp3) is 0.579. The average molecular weight is 329 g/mol. The number of benzene rings is 1. The first kappa shape index (κ1) is 17.0. The highest BCUT2D eigenvalue weighted by Crippen LogP contribution is 2.25. The Bertz CT molecular complexity index is 590. The topological polar surface area (TPSA) is 66.6 Å². The molecular weight excluding hydrogens is 302 g/mol. The third kappa shape index (κ3) is 3.46. The van der Waals surface area contributed by atoms with Crippen molar-refractivity contribution in [2.24, 2.45) is 11.7 Å². The van der Waals surface area contributed by atoms with E-state index in [9.17, 15) is 9.59 Å². The van der Waals surface area contributed by atoms with Crippen LogP contribution in [0.15, 0.2) is 30.3 Å². The van der Waals surface area contributed by atoms with Crippen LogP contribution in [0.25, 0.3) is 0 Å². The predicted molar refractivity (Wildman–Crippen MR) is 93.1 cm³/mol. The van der Waals surface area contributed by atoms with Crippen molar-refractivity contribution in [1.82, 2.24) is 9.80 Å². The van der Waals surface area contributed by atoms with Gasteiger partial charge in [0.05, 0.1) is 5.92 Å². The van der Waals surface area contributed by atoms with Gasteiger partial charge in [-0.25, -0.2) is 0 Å². The molecule has 5 heteroatoms. The maximum atomic E-state index is 12.9. The summed E-state index contributed by atoms with van der Waals surface area (Å²) in [6.45, 7) is 4.16. The minimum absolute atomic E-state index is 0.0997. The van der Waals surface area contributed by atoms with E-state index in [1.165, 1.54) is 0 Å². The summed E-state index contributed by atoms with van der Waals surface area (Å²) in [7, 11) is 0. The Morgan fingerprint density at radius 1 is 1.21 bits per heavy atom. The molecule has 2 fully saturated rings. The number of carbonyl (C=O) groups is 2. The van der Waals surface area contributed by atoms with E-state index >= 15 is 0 Å². The summed E-state index contributed by atoms with van der Waals surface area (Å²) >= 11 is 0. The Labute approximate surface area is 143 Å². The monoisotopic (exact) mass is 329 g/mol. The van der Waals surface area contributed by atoms with Gasteiger partial charge in [0.1, 0.15) is 0 Å². The molecule has 2 aliphatic rings. The largest absolute Gasteiger partial charge is 0.340 e. The summed E-state index contributed by atoms with van der Waals surface area (Å²) in [4.78, 5) is 28.8. The van der Waals surface area contributed by atoms with Gasteiger partial charge >= 0.3 is 0 Å². The molecule has 2 saturated heterocycles. The number of rotatable bonds is 4. The van der Waals surface area contributed by atoms with Gasteiger partial charge in [0, 0.05) is 38.1 Å². The highest BCUT2D eigenvalue weighted by Gasteiger charge is 2.35. The Kier molecular flexibility index (Phi) is 5.19. The Morgan fingerprint density at radius 2 is 1.96 bits per heavy atom. The molecule has 3 atom stereocenters. The zero-order valence-corrected chi connectivity index (χ0v) is 14.4. The first-order valence-corrected chi connectivity index (χ1v) is 8.96. The number of hydrogen-bond donors (Lipinski definition) is 1. The molecule has 2 heterocycles. The number of nitrogens with two attached hydrogens (primary N) is 1. The second-order valence-electron chi connectivity index (χ2n) is 7.00. The second-order valence-corrected chi connectivity index (χ2v) is 7.00. The van der Waals surface area contributed by atoms with E-state index in [1.807, 2.05) is 47.1 Å². The van der Waals surface area contributed by atoms with Crippen LogP contribution in [0.3, 0.4) is 0 Å². The molecule has 0 aliphatic carbocycles. The minimum atomic E-state index is -0.299. The van der Waals surface area contributed by atoms with Crippen molar-refractivity contribution in [2.45, 2.75) is 44.7 Å². The predicted octanol–water partition coefficient (Wildman–Crippen LogP) is 1.94. The van der Waals surface area contributed by atoms with Crippen LogP contribution in [0, 0.1) is 5.92 Å². The van der Waals surface area contributed by atoms with Crippen LogP contribution < -0.4 is 5.73 Å². The molecule has 0 radical (unpaired) electrons. The van der Waals surface area contributed by atoms with Crippen LogP contribution in [0.5, 0.6) is 0 Å². The molecule has 1 aromatic carbocycles. The third-order valence-electron chi connectivity index (χ3n) is 5.37. The van der Waals surface area contributed by atoms with E-state index < -0.39 is 0 Å². The van der Waals surface area contributed by atoms with Crippen molar-refractivity contribution < 1.29 is 9.59 Å². The quantitative estimate of drug-likeness (QED) is 0.918. The number of nitrogens with zero attached hydrogens (tertiary/aromatic N) is 2. The molecule has 0 spiro atoms. The van der Waals surface area contributed by atoms with Gasteiger partial charge in [-0.3, -0.25) is 9.59 Å². The number of hydrogen-bond acceptors (Lipinski definition) is 3. The highest BCUT2D eigenvalue weighted by atomic mass is 16.2. The molecule has 2 aliphatic heterocycles. The van der Waals surface area contributed by atoms with Crippen molar-refractivity contribution >= 4 is 11.8 Å². The van der Waals surface area contributed by atoms with E-state index in [0.717, 1.165) is 37.9 Å². The number of likely N-dealkylation sites (tertiary alicyclic amines) is 2. The molecular formula is C19H27N3O2. The molecule has 0 aromatic heterocycles. The lowest BCUT2D eigenvalue weighted by molar-refractivity contribution is -0.140. The summed E-state index contributed by atoms with van der Waals surface area (Å²) in [5.74, 6) is 0.0754. The summed E-state index contributed by atoms with van der Waals surface area (Å²) in [5, 5.41) is 0. The minimum Gasteiger partial charge on any atom is -0.340 e. The van der Waals surface area contributed by atoms with Crippen LogP contribution >= 0.6 is 0 Å². The molecule has 2 amide bonds. The van der Waals surface area contributed by atoms with Gasteiger partial charge < -0.3 is 15.5 Å². The van der Waals surface area contributed by atoms with Gasteiger partial charge in [0.15, 0.2) is 0 Å². The summed E-state index contributed by atoms with van der Waals surface area (Å²) in [6.07, 6.45) is 3.54. The standard InChI is InChI=1S/C19H27N3O2/c1-14(18(20)15-7-3-2-4-8-15)19(24)21-11-5-9-16(13-21)22-12-6-10-17(22)23/h2-4,7-8,14,16,18H,5-6,9-13,20H2,1H3/t14-,16-,18+/m0/s1. The lowest BCUT2D eigenvalue weighted by atomic mass is 9.93. The second kappa shape index (κ2) is 7.34. The van der Waals surface area contributed by atoms with Gasteiger partial charge in [-0.05, 0) is 24.8 Å². The maximum absolute atomic E-state index is 12.9. The molecule has 5 nitrogen and oxygen atoms in total. The zero-order chi connectivity index (χ0) is 17.1. The third-order valence-corrected chi connectivity index (χ3v) is 5.37. The van der Waals surface area contributed by atoms with Crippen molar-refractivity contribution in [3.63, 3.8) is 0 Å². The van der Waals surface area contributed by atoms with Crippen LogP contribution in [0.2, 0.25) is 0 Å². The van der Waals surface area contributed by atoms with Gasteiger partial charge in [-0.1, -0.05) is 37.3 Å². The Balaban J connectivity index is 1.64. The first-order chi connectivity index (χ1) is 11.6. The van der Waals surface area contributed by atoms with Gasteiger partial charge in [-0.15, -0.1) is 0 Å². The molecule has 0 bridgehead atoms. The van der Waals surface area contributed by atoms with Gasteiger partial charge in [0.25, 0.3) is 0 Å². The summed E-state index contributed by atoms with van der Waals surface area (Å²) < 4.78 is 0. The summed E-state index contributed by atoms with van der Waals surface area (Å²) in [6, 6.07) is 9.66. The molecule has 2 N–H and O–H groups in total. The smallest absolute Gasteiger partial charge is 0.227 e. The van der Waals surface area contributed by atoms with Crippen LogP contribution in [0.4, 0.5) is 0 Å². The number of amides is 2. The van der Waals surface area contributed by atoms with Crippen molar-refractivity contribution in [3.05, 3.63) is 35.9 Å². The Morgan fingerprint density at radius 3 is 2.62 bits per heavy atom. The van der Waals surface area contributed by atoms with E-state index in [-0.39, 0.29) is 29.8 Å². The fourth-order valence-electron chi connectivity index (χ4n) is 3.87. The molecule has 1 aromatic rings. The van der Waals surface area contributed by atoms with Crippen molar-refractivity contribution in [1.29, 1.82) is 0 Å². The average Bonchev–Trinajstić information content (AvgIpc) is 3.06. The lowest BCUT2D eigenvalue weighted by Gasteiger charge is -2.39. The number of piperidine rings is 1. The molecule has 0 unspecified atom stereocenters. The highest BCUT2D eigenvalue weighted by molar-refractivity contribution is 5.80. The van der Waals surface area contributed by atoms with Crippen molar-refractivity contribution in [2.75, 3.05) is 19.6 Å². The zero-order valence-electron chi connectivity index (χ0n) is 14.4. The first-order valence-electron chi connectivity index (χ1n) is 8.96. The van der Waals surface area contributed by atoms with Crippen LogP contribution in [0.1, 0.15) is 44.2 Å². The van der Waals surface area contributed by atoms with Crippen LogP contribution in [-0.2, 0) is 9.59 Å². The molecule has 130 valence electrons. The molecule has 3 rings (SSSR count). The molecule has 0 saturated carbocycles. The SMILES string of the molecule is C[C@H](C(=O)N1CCC[C@H](N2CCCC2=O)C1)[C@@H](N)c1ccccc1.